The first-order chi connectivity index (χ1) is 12.6. The molecule has 1 fully saturated rings. The molecule has 2 aromatic rings. The quantitative estimate of drug-likeness (QED) is 0.914. The van der Waals surface area contributed by atoms with E-state index in [0.717, 1.165) is 11.1 Å². The first-order valence-corrected chi connectivity index (χ1v) is 8.99. The van der Waals surface area contributed by atoms with Crippen LogP contribution >= 0.6 is 0 Å². The van der Waals surface area contributed by atoms with Crippen molar-refractivity contribution in [2.24, 2.45) is 5.73 Å². The third-order valence-corrected chi connectivity index (χ3v) is 4.92. The molecule has 1 heterocycles. The highest BCUT2D eigenvalue weighted by molar-refractivity contribution is 5.94. The van der Waals surface area contributed by atoms with Gasteiger partial charge in [0.1, 0.15) is 0 Å². The number of rotatable bonds is 4. The molecule has 26 heavy (non-hydrogen) atoms. The number of hydrogen-bond donors (Lipinski definition) is 1. The molecule has 0 spiro atoms. The molecule has 5 nitrogen and oxygen atoms in total. The summed E-state index contributed by atoms with van der Waals surface area (Å²) in [5.74, 6) is -0.0260. The van der Waals surface area contributed by atoms with Crippen LogP contribution in [0.15, 0.2) is 54.6 Å². The second kappa shape index (κ2) is 8.15. The fourth-order valence-electron chi connectivity index (χ4n) is 3.29. The molecule has 0 aromatic heterocycles. The average molecular weight is 351 g/mol. The molecule has 1 aliphatic rings. The predicted octanol–water partition coefficient (Wildman–Crippen LogP) is 1.85. The Kier molecular flexibility index (Phi) is 5.68. The molecule has 1 saturated heterocycles. The maximum absolute atomic E-state index is 12.7. The number of carbonyl (C=O) groups excluding carboxylic acids is 2. The topological polar surface area (TPSA) is 66.6 Å². The Morgan fingerprint density at radius 1 is 0.923 bits per heavy atom. The molecular formula is C21H25N3O2. The number of piperazine rings is 1. The number of carbonyl (C=O) groups is 2. The molecule has 3 rings (SSSR count). The van der Waals surface area contributed by atoms with Gasteiger partial charge in [-0.05, 0) is 36.6 Å². The lowest BCUT2D eigenvalue weighted by atomic mass is 10.0. The summed E-state index contributed by atoms with van der Waals surface area (Å²) in [6.45, 7) is 4.16. The standard InChI is InChI=1S/C21H25N3O2/c1-16-7-5-6-10-18(16)15-19(22)21(26)24-13-11-23(12-14-24)20(25)17-8-3-2-4-9-17/h2-10,19H,11-15,22H2,1H3. The average Bonchev–Trinajstić information content (AvgIpc) is 2.69. The summed E-state index contributed by atoms with van der Waals surface area (Å²) < 4.78 is 0. The maximum atomic E-state index is 12.7. The van der Waals surface area contributed by atoms with Gasteiger partial charge in [-0.15, -0.1) is 0 Å². The molecule has 2 N–H and O–H groups in total. The van der Waals surface area contributed by atoms with Gasteiger partial charge in [0.25, 0.3) is 5.91 Å². The van der Waals surface area contributed by atoms with Crippen LogP contribution in [-0.4, -0.2) is 53.8 Å². The zero-order valence-corrected chi connectivity index (χ0v) is 15.1. The molecule has 5 heteroatoms. The Bertz CT molecular complexity index is 768. The van der Waals surface area contributed by atoms with Crippen molar-refractivity contribution in [3.8, 4) is 0 Å². The lowest BCUT2D eigenvalue weighted by Gasteiger charge is -2.36. The fraction of sp³-hybridized carbons (Fsp3) is 0.333. The van der Waals surface area contributed by atoms with Gasteiger partial charge in [-0.1, -0.05) is 42.5 Å². The van der Waals surface area contributed by atoms with Crippen LogP contribution in [0.1, 0.15) is 21.5 Å². The summed E-state index contributed by atoms with van der Waals surface area (Å²) in [5.41, 5.74) is 9.10. The van der Waals surface area contributed by atoms with Crippen molar-refractivity contribution in [1.82, 2.24) is 9.80 Å². The molecule has 0 aliphatic carbocycles. The van der Waals surface area contributed by atoms with Crippen LogP contribution in [0.3, 0.4) is 0 Å². The maximum Gasteiger partial charge on any atom is 0.253 e. The molecule has 136 valence electrons. The van der Waals surface area contributed by atoms with Gasteiger partial charge in [-0.2, -0.15) is 0 Å². The third-order valence-electron chi connectivity index (χ3n) is 4.92. The molecule has 1 unspecified atom stereocenters. The number of nitrogens with zero attached hydrogens (tertiary/aromatic N) is 2. The normalized spacial score (nSPS) is 15.6. The summed E-state index contributed by atoms with van der Waals surface area (Å²) in [6.07, 6.45) is 0.536. The highest BCUT2D eigenvalue weighted by Gasteiger charge is 2.27. The Hall–Kier alpha value is -2.66. The smallest absolute Gasteiger partial charge is 0.253 e. The third kappa shape index (κ3) is 4.11. The second-order valence-corrected chi connectivity index (χ2v) is 6.72. The molecular weight excluding hydrogens is 326 g/mol. The van der Waals surface area contributed by atoms with Gasteiger partial charge >= 0.3 is 0 Å². The van der Waals surface area contributed by atoms with E-state index in [0.29, 0.717) is 38.2 Å². The van der Waals surface area contributed by atoms with Crippen LogP contribution in [0, 0.1) is 6.92 Å². The van der Waals surface area contributed by atoms with Crippen molar-refractivity contribution in [3.05, 3.63) is 71.3 Å². The Morgan fingerprint density at radius 2 is 1.50 bits per heavy atom. The van der Waals surface area contributed by atoms with Gasteiger partial charge in [-0.3, -0.25) is 9.59 Å². The van der Waals surface area contributed by atoms with Gasteiger partial charge in [0.15, 0.2) is 0 Å². The van der Waals surface area contributed by atoms with Crippen molar-refractivity contribution >= 4 is 11.8 Å². The summed E-state index contributed by atoms with van der Waals surface area (Å²) in [7, 11) is 0. The lowest BCUT2D eigenvalue weighted by molar-refractivity contribution is -0.134. The number of nitrogens with two attached hydrogens (primary N) is 1. The highest BCUT2D eigenvalue weighted by Crippen LogP contribution is 2.13. The number of hydrogen-bond acceptors (Lipinski definition) is 3. The van der Waals surface area contributed by atoms with Crippen molar-refractivity contribution in [1.29, 1.82) is 0 Å². The molecule has 2 amide bonds. The first-order valence-electron chi connectivity index (χ1n) is 8.99. The van der Waals surface area contributed by atoms with E-state index < -0.39 is 6.04 Å². The van der Waals surface area contributed by atoms with Crippen LogP contribution in [0.4, 0.5) is 0 Å². The minimum Gasteiger partial charge on any atom is -0.338 e. The van der Waals surface area contributed by atoms with E-state index in [2.05, 4.69) is 0 Å². The van der Waals surface area contributed by atoms with Gasteiger partial charge in [0, 0.05) is 31.7 Å². The largest absolute Gasteiger partial charge is 0.338 e. The van der Waals surface area contributed by atoms with Gasteiger partial charge < -0.3 is 15.5 Å². The van der Waals surface area contributed by atoms with Gasteiger partial charge in [0.2, 0.25) is 5.91 Å². The summed E-state index contributed by atoms with van der Waals surface area (Å²) in [5, 5.41) is 0. The monoisotopic (exact) mass is 351 g/mol. The van der Waals surface area contributed by atoms with Crippen LogP contribution in [0.2, 0.25) is 0 Å². The number of benzene rings is 2. The zero-order valence-electron chi connectivity index (χ0n) is 15.1. The molecule has 0 radical (unpaired) electrons. The molecule has 2 aromatic carbocycles. The minimum absolute atomic E-state index is 0.0157. The van der Waals surface area contributed by atoms with E-state index in [1.54, 1.807) is 9.80 Å². The zero-order chi connectivity index (χ0) is 18.5. The highest BCUT2D eigenvalue weighted by atomic mass is 16.2. The molecule has 0 saturated carbocycles. The Morgan fingerprint density at radius 3 is 2.15 bits per heavy atom. The van der Waals surface area contributed by atoms with Crippen LogP contribution in [0.25, 0.3) is 0 Å². The summed E-state index contributed by atoms with van der Waals surface area (Å²) >= 11 is 0. The Labute approximate surface area is 154 Å². The lowest BCUT2D eigenvalue weighted by Crippen LogP contribution is -2.54. The van der Waals surface area contributed by atoms with Crippen molar-refractivity contribution in [2.75, 3.05) is 26.2 Å². The summed E-state index contributed by atoms with van der Waals surface area (Å²) in [4.78, 5) is 28.7. The SMILES string of the molecule is Cc1ccccc1CC(N)C(=O)N1CCN(C(=O)c2ccccc2)CC1. The van der Waals surface area contributed by atoms with E-state index >= 15 is 0 Å². The predicted molar refractivity (Wildman–Crippen MR) is 102 cm³/mol. The van der Waals surface area contributed by atoms with Crippen LogP contribution in [-0.2, 0) is 11.2 Å². The first kappa shape index (κ1) is 18.1. The van der Waals surface area contributed by atoms with Crippen molar-refractivity contribution in [3.63, 3.8) is 0 Å². The van der Waals surface area contributed by atoms with Crippen molar-refractivity contribution in [2.45, 2.75) is 19.4 Å². The van der Waals surface area contributed by atoms with E-state index in [4.69, 9.17) is 5.73 Å². The van der Waals surface area contributed by atoms with Gasteiger partial charge in [0.05, 0.1) is 6.04 Å². The fourth-order valence-corrected chi connectivity index (χ4v) is 3.29. The number of amides is 2. The van der Waals surface area contributed by atoms with Crippen LogP contribution in [0.5, 0.6) is 0 Å². The van der Waals surface area contributed by atoms with E-state index in [1.807, 2.05) is 61.5 Å². The van der Waals surface area contributed by atoms with Gasteiger partial charge in [-0.25, -0.2) is 0 Å². The van der Waals surface area contributed by atoms with E-state index in [9.17, 15) is 9.59 Å². The van der Waals surface area contributed by atoms with Crippen molar-refractivity contribution < 1.29 is 9.59 Å². The molecule has 1 atom stereocenters. The Balaban J connectivity index is 1.55. The van der Waals surface area contributed by atoms with Crippen LogP contribution < -0.4 is 5.73 Å². The minimum atomic E-state index is -0.549. The van der Waals surface area contributed by atoms with E-state index in [1.165, 1.54) is 0 Å². The number of aryl methyl sites for hydroxylation is 1. The van der Waals surface area contributed by atoms with E-state index in [-0.39, 0.29) is 11.8 Å². The second-order valence-electron chi connectivity index (χ2n) is 6.72. The molecule has 1 aliphatic heterocycles. The molecule has 0 bridgehead atoms. The summed E-state index contributed by atoms with van der Waals surface area (Å²) in [6, 6.07) is 16.7.